The van der Waals surface area contributed by atoms with Crippen LogP contribution in [0.1, 0.15) is 6.92 Å². The molecule has 3 N–H and O–H groups in total. The zero-order chi connectivity index (χ0) is 12.0. The molecule has 0 aliphatic heterocycles. The molecule has 0 fully saturated rings. The Labute approximate surface area is 93.5 Å². The van der Waals surface area contributed by atoms with Crippen LogP contribution in [0.25, 0.3) is 0 Å². The van der Waals surface area contributed by atoms with Crippen molar-refractivity contribution in [2.45, 2.75) is 6.92 Å². The number of nitrogens with one attached hydrogen (secondary N) is 1. The number of benzene rings is 1. The summed E-state index contributed by atoms with van der Waals surface area (Å²) in [4.78, 5) is 10.3. The van der Waals surface area contributed by atoms with Crippen LogP contribution in [0.3, 0.4) is 0 Å². The van der Waals surface area contributed by atoms with Crippen molar-refractivity contribution in [1.82, 2.24) is 0 Å². The molecular weight excluding hydrogens is 210 g/mol. The summed E-state index contributed by atoms with van der Waals surface area (Å²) in [5, 5.41) is 13.7. The average molecular weight is 225 g/mol. The number of nitrogens with zero attached hydrogens (tertiary/aromatic N) is 1. The first kappa shape index (κ1) is 12.3. The molecule has 88 valence electrons. The van der Waals surface area contributed by atoms with Crippen molar-refractivity contribution in [2.24, 2.45) is 0 Å². The zero-order valence-corrected chi connectivity index (χ0v) is 9.10. The molecule has 16 heavy (non-hydrogen) atoms. The van der Waals surface area contributed by atoms with Gasteiger partial charge in [0.05, 0.1) is 11.5 Å². The molecular formula is C10H15N3O3. The van der Waals surface area contributed by atoms with Gasteiger partial charge in [0.1, 0.15) is 11.4 Å². The van der Waals surface area contributed by atoms with Gasteiger partial charge in [0, 0.05) is 13.2 Å². The first-order valence-electron chi connectivity index (χ1n) is 5.01. The fourth-order valence-corrected chi connectivity index (χ4v) is 1.31. The van der Waals surface area contributed by atoms with Gasteiger partial charge in [-0.05, 0) is 19.1 Å². The van der Waals surface area contributed by atoms with E-state index in [0.29, 0.717) is 25.4 Å². The summed E-state index contributed by atoms with van der Waals surface area (Å²) in [7, 11) is 0. The van der Waals surface area contributed by atoms with Gasteiger partial charge in [0.25, 0.3) is 0 Å². The molecule has 0 aliphatic carbocycles. The summed E-state index contributed by atoms with van der Waals surface area (Å²) in [5.41, 5.74) is 6.04. The normalized spacial score (nSPS) is 10.1. The van der Waals surface area contributed by atoms with E-state index in [1.54, 1.807) is 12.1 Å². The Bertz CT molecular complexity index is 368. The van der Waals surface area contributed by atoms with E-state index in [1.165, 1.54) is 6.07 Å². The zero-order valence-electron chi connectivity index (χ0n) is 9.10. The van der Waals surface area contributed by atoms with Crippen molar-refractivity contribution in [2.75, 3.05) is 30.8 Å². The maximum atomic E-state index is 10.8. The van der Waals surface area contributed by atoms with Gasteiger partial charge in [-0.1, -0.05) is 6.07 Å². The van der Waals surface area contributed by atoms with E-state index in [-0.39, 0.29) is 11.4 Å². The molecule has 0 aliphatic rings. The fourth-order valence-electron chi connectivity index (χ4n) is 1.31. The Morgan fingerprint density at radius 3 is 2.94 bits per heavy atom. The second-order valence-corrected chi connectivity index (χ2v) is 3.12. The molecule has 6 heteroatoms. The number of rotatable bonds is 6. The van der Waals surface area contributed by atoms with Crippen LogP contribution in [0.15, 0.2) is 18.2 Å². The highest BCUT2D eigenvalue weighted by molar-refractivity contribution is 5.74. The van der Waals surface area contributed by atoms with E-state index in [4.69, 9.17) is 10.5 Å². The molecule has 0 saturated carbocycles. The minimum atomic E-state index is -0.488. The Kier molecular flexibility index (Phi) is 4.53. The molecule has 0 spiro atoms. The summed E-state index contributed by atoms with van der Waals surface area (Å²) < 4.78 is 5.12. The summed E-state index contributed by atoms with van der Waals surface area (Å²) in [6, 6.07) is 4.80. The van der Waals surface area contributed by atoms with E-state index in [2.05, 4.69) is 5.32 Å². The quantitative estimate of drug-likeness (QED) is 0.332. The maximum absolute atomic E-state index is 10.8. The molecule has 0 saturated heterocycles. The highest BCUT2D eigenvalue weighted by Crippen LogP contribution is 2.30. The van der Waals surface area contributed by atoms with Crippen LogP contribution < -0.4 is 11.1 Å². The van der Waals surface area contributed by atoms with Gasteiger partial charge in [0.2, 0.25) is 0 Å². The monoisotopic (exact) mass is 225 g/mol. The molecule has 0 heterocycles. The van der Waals surface area contributed by atoms with Crippen molar-refractivity contribution in [3.8, 4) is 0 Å². The van der Waals surface area contributed by atoms with Gasteiger partial charge < -0.3 is 15.8 Å². The summed E-state index contributed by atoms with van der Waals surface area (Å²) in [5.74, 6) is 0. The number of hydrogen-bond donors (Lipinski definition) is 2. The second kappa shape index (κ2) is 5.92. The number of para-hydroxylation sites is 1. The van der Waals surface area contributed by atoms with Crippen molar-refractivity contribution in [1.29, 1.82) is 0 Å². The van der Waals surface area contributed by atoms with Crippen LogP contribution in [0.4, 0.5) is 17.1 Å². The number of nitro benzene ring substituents is 1. The second-order valence-electron chi connectivity index (χ2n) is 3.12. The van der Waals surface area contributed by atoms with Gasteiger partial charge in [-0.2, -0.15) is 0 Å². The molecule has 0 amide bonds. The largest absolute Gasteiger partial charge is 0.393 e. The summed E-state index contributed by atoms with van der Waals surface area (Å²) in [6.45, 7) is 3.53. The predicted molar refractivity (Wildman–Crippen MR) is 62.5 cm³/mol. The maximum Gasteiger partial charge on any atom is 0.314 e. The first-order chi connectivity index (χ1) is 7.66. The smallest absolute Gasteiger partial charge is 0.314 e. The van der Waals surface area contributed by atoms with Gasteiger partial charge in [-0.3, -0.25) is 10.1 Å². The third-order valence-corrected chi connectivity index (χ3v) is 2.02. The Morgan fingerprint density at radius 1 is 1.56 bits per heavy atom. The standard InChI is InChI=1S/C10H15N3O3/c1-2-16-7-6-12-9-5-3-4-8(11)10(9)13(14)15/h3-5,12H,2,6-7,11H2,1H3. The fraction of sp³-hybridized carbons (Fsp3) is 0.400. The van der Waals surface area contributed by atoms with Crippen molar-refractivity contribution in [3.63, 3.8) is 0 Å². The molecule has 0 bridgehead atoms. The highest BCUT2D eigenvalue weighted by Gasteiger charge is 2.16. The van der Waals surface area contributed by atoms with Crippen molar-refractivity contribution >= 4 is 17.1 Å². The minimum absolute atomic E-state index is 0.0843. The van der Waals surface area contributed by atoms with E-state index >= 15 is 0 Å². The van der Waals surface area contributed by atoms with Crippen LogP contribution in [0.2, 0.25) is 0 Å². The molecule has 0 radical (unpaired) electrons. The lowest BCUT2D eigenvalue weighted by atomic mass is 10.2. The Balaban J connectivity index is 2.71. The Morgan fingerprint density at radius 2 is 2.31 bits per heavy atom. The first-order valence-corrected chi connectivity index (χ1v) is 5.01. The van der Waals surface area contributed by atoms with Gasteiger partial charge in [-0.25, -0.2) is 0 Å². The van der Waals surface area contributed by atoms with E-state index < -0.39 is 4.92 Å². The number of ether oxygens (including phenoxy) is 1. The molecule has 1 rings (SSSR count). The topological polar surface area (TPSA) is 90.4 Å². The number of nitrogens with two attached hydrogens (primary N) is 1. The number of anilines is 2. The van der Waals surface area contributed by atoms with Gasteiger partial charge in [-0.15, -0.1) is 0 Å². The predicted octanol–water partition coefficient (Wildman–Crippen LogP) is 1.63. The van der Waals surface area contributed by atoms with E-state index in [9.17, 15) is 10.1 Å². The lowest BCUT2D eigenvalue weighted by molar-refractivity contribution is -0.383. The van der Waals surface area contributed by atoms with Crippen LogP contribution >= 0.6 is 0 Å². The molecule has 6 nitrogen and oxygen atoms in total. The van der Waals surface area contributed by atoms with E-state index in [0.717, 1.165) is 0 Å². The molecule has 0 aromatic heterocycles. The number of hydrogen-bond acceptors (Lipinski definition) is 5. The van der Waals surface area contributed by atoms with Crippen molar-refractivity contribution in [3.05, 3.63) is 28.3 Å². The summed E-state index contributed by atoms with van der Waals surface area (Å²) >= 11 is 0. The number of nitrogen functional groups attached to an aromatic ring is 1. The van der Waals surface area contributed by atoms with E-state index in [1.807, 2.05) is 6.92 Å². The average Bonchev–Trinajstić information content (AvgIpc) is 2.24. The Hall–Kier alpha value is -1.82. The highest BCUT2D eigenvalue weighted by atomic mass is 16.6. The lowest BCUT2D eigenvalue weighted by Crippen LogP contribution is -2.11. The van der Waals surface area contributed by atoms with Gasteiger partial charge >= 0.3 is 5.69 Å². The molecule has 1 aromatic carbocycles. The molecule has 0 unspecified atom stereocenters. The third kappa shape index (κ3) is 3.09. The third-order valence-electron chi connectivity index (χ3n) is 2.02. The van der Waals surface area contributed by atoms with Crippen LogP contribution in [0, 0.1) is 10.1 Å². The van der Waals surface area contributed by atoms with Crippen LogP contribution in [0.5, 0.6) is 0 Å². The SMILES string of the molecule is CCOCCNc1cccc(N)c1[N+](=O)[O-]. The van der Waals surface area contributed by atoms with Crippen LogP contribution in [-0.2, 0) is 4.74 Å². The lowest BCUT2D eigenvalue weighted by Gasteiger charge is -2.08. The molecule has 0 atom stereocenters. The minimum Gasteiger partial charge on any atom is -0.393 e. The number of nitro groups is 1. The van der Waals surface area contributed by atoms with Crippen LogP contribution in [-0.4, -0.2) is 24.7 Å². The summed E-state index contributed by atoms with van der Waals surface area (Å²) in [6.07, 6.45) is 0. The van der Waals surface area contributed by atoms with Gasteiger partial charge in [0.15, 0.2) is 0 Å². The molecule has 1 aromatic rings. The van der Waals surface area contributed by atoms with Crippen molar-refractivity contribution < 1.29 is 9.66 Å².